The van der Waals surface area contributed by atoms with Crippen molar-refractivity contribution in [3.8, 4) is 17.3 Å². The van der Waals surface area contributed by atoms with Crippen LogP contribution < -0.4 is 15.8 Å². The van der Waals surface area contributed by atoms with Crippen LogP contribution in [0.4, 0.5) is 4.79 Å². The van der Waals surface area contributed by atoms with Gasteiger partial charge in [0.1, 0.15) is 17.0 Å². The number of rotatable bonds is 7. The lowest BCUT2D eigenvalue weighted by atomic mass is 9.97. The number of imidazole rings is 1. The number of carbonyl (C=O) groups excluding carboxylic acids is 2. The van der Waals surface area contributed by atoms with Crippen LogP contribution in [0.1, 0.15) is 73.7 Å². The molecule has 4 aromatic heterocycles. The van der Waals surface area contributed by atoms with Gasteiger partial charge < -0.3 is 34.9 Å². The van der Waals surface area contributed by atoms with Gasteiger partial charge in [-0.15, -0.1) is 0 Å². The maximum atomic E-state index is 13.8. The van der Waals surface area contributed by atoms with Crippen molar-refractivity contribution in [3.05, 3.63) is 47.3 Å². The standard InChI is InChI=1S/C35H44N8O4/c1-19-17-40(11-12-47-19)35(45)37-20(2)27-9-7-23-13-29(41(33(23)38-27)18-22-5-6-22)32-21(3)42-30(39-32)14-24(15-31(42)46-4)34(44)43-25-8-10-28(43)26(36)16-25/h7,9,13-15,19-20,22,25-26,28H,5-6,8,10-12,16-18,36H2,1-4H3,(H,37,45)/t19-,20+,25-,26+,28+/m0/s1. The number of nitrogens with two attached hydrogens (primary N) is 1. The van der Waals surface area contributed by atoms with Gasteiger partial charge in [-0.2, -0.15) is 0 Å². The van der Waals surface area contributed by atoms with E-state index in [0.717, 1.165) is 59.6 Å². The van der Waals surface area contributed by atoms with Crippen molar-refractivity contribution in [1.82, 2.24) is 34.1 Å². The topological polar surface area (TPSA) is 132 Å². The quantitative estimate of drug-likeness (QED) is 0.308. The number of nitrogens with one attached hydrogen (secondary N) is 1. The number of aryl methyl sites for hydroxylation is 1. The predicted octanol–water partition coefficient (Wildman–Crippen LogP) is 4.27. The van der Waals surface area contributed by atoms with E-state index in [2.05, 4.69) is 22.0 Å². The molecule has 1 aliphatic carbocycles. The molecule has 4 fully saturated rings. The first-order valence-electron chi connectivity index (χ1n) is 17.0. The van der Waals surface area contributed by atoms with E-state index < -0.39 is 0 Å². The summed E-state index contributed by atoms with van der Waals surface area (Å²) in [5, 5.41) is 4.16. The summed E-state index contributed by atoms with van der Waals surface area (Å²) in [5.41, 5.74) is 12.0. The lowest BCUT2D eigenvalue weighted by molar-refractivity contribution is -0.00382. The predicted molar refractivity (Wildman–Crippen MR) is 177 cm³/mol. The molecule has 12 heteroatoms. The van der Waals surface area contributed by atoms with Crippen molar-refractivity contribution in [3.63, 3.8) is 0 Å². The van der Waals surface area contributed by atoms with Crippen LogP contribution in [-0.4, -0.2) is 91.7 Å². The van der Waals surface area contributed by atoms with E-state index in [0.29, 0.717) is 42.7 Å². The normalized spacial score (nSPS) is 24.8. The molecule has 8 rings (SSSR count). The number of aromatic nitrogens is 4. The van der Waals surface area contributed by atoms with Crippen molar-refractivity contribution in [2.45, 2.75) is 89.7 Å². The van der Waals surface area contributed by atoms with Crippen molar-refractivity contribution in [2.75, 3.05) is 26.8 Å². The average molecular weight is 641 g/mol. The number of morpholine rings is 1. The van der Waals surface area contributed by atoms with Gasteiger partial charge in [-0.3, -0.25) is 9.20 Å². The molecule has 4 aliphatic rings. The zero-order chi connectivity index (χ0) is 32.6. The Morgan fingerprint density at radius 1 is 1.15 bits per heavy atom. The molecule has 3 saturated heterocycles. The molecular weight excluding hydrogens is 596 g/mol. The van der Waals surface area contributed by atoms with Gasteiger partial charge in [0.05, 0.1) is 42.9 Å². The minimum absolute atomic E-state index is 0.00243. The van der Waals surface area contributed by atoms with E-state index in [4.69, 9.17) is 25.2 Å². The fourth-order valence-corrected chi connectivity index (χ4v) is 7.97. The lowest BCUT2D eigenvalue weighted by Crippen LogP contribution is -2.49. The zero-order valence-electron chi connectivity index (χ0n) is 27.6. The summed E-state index contributed by atoms with van der Waals surface area (Å²) in [4.78, 5) is 40.9. The maximum Gasteiger partial charge on any atom is 0.318 e. The molecule has 3 aliphatic heterocycles. The van der Waals surface area contributed by atoms with Crippen LogP contribution in [0.25, 0.3) is 28.1 Å². The molecule has 2 bridgehead atoms. The van der Waals surface area contributed by atoms with Crippen molar-refractivity contribution >= 4 is 28.6 Å². The van der Waals surface area contributed by atoms with Crippen LogP contribution in [0.5, 0.6) is 5.88 Å². The smallest absolute Gasteiger partial charge is 0.318 e. The molecule has 0 spiro atoms. The third kappa shape index (κ3) is 5.22. The highest BCUT2D eigenvalue weighted by molar-refractivity contribution is 5.97. The molecule has 1 saturated carbocycles. The molecule has 7 heterocycles. The summed E-state index contributed by atoms with van der Waals surface area (Å²) in [7, 11) is 1.63. The third-order valence-corrected chi connectivity index (χ3v) is 10.7. The molecule has 47 heavy (non-hydrogen) atoms. The Kier molecular flexibility index (Phi) is 7.40. The molecule has 4 aromatic rings. The number of carbonyl (C=O) groups is 2. The largest absolute Gasteiger partial charge is 0.482 e. The van der Waals surface area contributed by atoms with Gasteiger partial charge in [0.15, 0.2) is 5.88 Å². The van der Waals surface area contributed by atoms with Crippen LogP contribution in [0.2, 0.25) is 0 Å². The maximum absolute atomic E-state index is 13.8. The summed E-state index contributed by atoms with van der Waals surface area (Å²) in [6.45, 7) is 8.54. The Labute approximate surface area is 274 Å². The SMILES string of the molecule is COc1cc(C(=O)N2[C@H]3CC[C@@H]2[C@H](N)C3)cc2nc(-c3cc4ccc([C@@H](C)NC(=O)N5CCO[C@@H](C)C5)nc4n3CC3CC3)c(C)n12. The molecule has 3 N–H and O–H groups in total. The second-order valence-corrected chi connectivity index (χ2v) is 14.0. The van der Waals surface area contributed by atoms with E-state index in [-0.39, 0.29) is 42.2 Å². The number of urea groups is 1. The molecule has 0 radical (unpaired) electrons. The van der Waals surface area contributed by atoms with Crippen LogP contribution in [0.3, 0.4) is 0 Å². The Bertz CT molecular complexity index is 1880. The number of methoxy groups -OCH3 is 1. The van der Waals surface area contributed by atoms with E-state index in [1.165, 1.54) is 12.8 Å². The van der Waals surface area contributed by atoms with Crippen LogP contribution >= 0.6 is 0 Å². The van der Waals surface area contributed by atoms with Gasteiger partial charge in [0, 0.05) is 54.8 Å². The highest BCUT2D eigenvalue weighted by Crippen LogP contribution is 2.40. The second kappa shape index (κ2) is 11.5. The molecule has 0 aromatic carbocycles. The van der Waals surface area contributed by atoms with Crippen molar-refractivity contribution in [2.24, 2.45) is 11.7 Å². The number of nitrogens with zero attached hydrogens (tertiary/aromatic N) is 6. The minimum Gasteiger partial charge on any atom is -0.482 e. The Hall–Kier alpha value is -4.16. The number of pyridine rings is 2. The highest BCUT2D eigenvalue weighted by atomic mass is 16.5. The Morgan fingerprint density at radius 2 is 1.98 bits per heavy atom. The summed E-state index contributed by atoms with van der Waals surface area (Å²) < 4.78 is 15.7. The Balaban J connectivity index is 1.15. The van der Waals surface area contributed by atoms with Crippen LogP contribution in [-0.2, 0) is 11.3 Å². The van der Waals surface area contributed by atoms with E-state index in [9.17, 15) is 9.59 Å². The number of amides is 3. The van der Waals surface area contributed by atoms with E-state index in [1.54, 1.807) is 12.0 Å². The van der Waals surface area contributed by atoms with Gasteiger partial charge in [-0.05, 0) is 83.1 Å². The molecule has 248 valence electrons. The fraction of sp³-hybridized carbons (Fsp3) is 0.543. The van der Waals surface area contributed by atoms with E-state index in [1.807, 2.05) is 48.3 Å². The van der Waals surface area contributed by atoms with Gasteiger partial charge in [0.2, 0.25) is 0 Å². The van der Waals surface area contributed by atoms with Crippen molar-refractivity contribution in [1.29, 1.82) is 0 Å². The van der Waals surface area contributed by atoms with Gasteiger partial charge in [-0.1, -0.05) is 0 Å². The molecular formula is C35H44N8O4. The number of ether oxygens (including phenoxy) is 2. The molecule has 5 atom stereocenters. The summed E-state index contributed by atoms with van der Waals surface area (Å²) in [5.74, 6) is 1.16. The monoisotopic (exact) mass is 640 g/mol. The summed E-state index contributed by atoms with van der Waals surface area (Å²) >= 11 is 0. The fourth-order valence-electron chi connectivity index (χ4n) is 7.97. The number of hydrogen-bond acceptors (Lipinski definition) is 7. The molecule has 3 amide bonds. The van der Waals surface area contributed by atoms with Gasteiger partial charge in [-0.25, -0.2) is 14.8 Å². The summed E-state index contributed by atoms with van der Waals surface area (Å²) in [6.07, 6.45) is 5.24. The zero-order valence-corrected chi connectivity index (χ0v) is 27.6. The lowest BCUT2D eigenvalue weighted by Gasteiger charge is -2.32. The van der Waals surface area contributed by atoms with Crippen LogP contribution in [0.15, 0.2) is 30.3 Å². The molecule has 0 unspecified atom stereocenters. The molecule has 12 nitrogen and oxygen atoms in total. The minimum atomic E-state index is -0.268. The third-order valence-electron chi connectivity index (χ3n) is 10.7. The first-order chi connectivity index (χ1) is 22.7. The first kappa shape index (κ1) is 30.2. The Morgan fingerprint density at radius 3 is 2.68 bits per heavy atom. The number of hydrogen-bond donors (Lipinski definition) is 2. The van der Waals surface area contributed by atoms with E-state index >= 15 is 0 Å². The highest BCUT2D eigenvalue weighted by Gasteiger charge is 2.47. The average Bonchev–Trinajstić information content (AvgIpc) is 3.38. The van der Waals surface area contributed by atoms with Crippen LogP contribution in [0, 0.1) is 12.8 Å². The van der Waals surface area contributed by atoms with Gasteiger partial charge in [0.25, 0.3) is 5.91 Å². The van der Waals surface area contributed by atoms with Crippen molar-refractivity contribution < 1.29 is 19.1 Å². The second-order valence-electron chi connectivity index (χ2n) is 14.0. The first-order valence-corrected chi connectivity index (χ1v) is 17.0. The van der Waals surface area contributed by atoms with Gasteiger partial charge >= 0.3 is 6.03 Å². The number of fused-ring (bicyclic) bond motifs is 4. The summed E-state index contributed by atoms with van der Waals surface area (Å²) in [6, 6.07) is 9.93.